The minimum Gasteiger partial charge on any atom is -0.494 e. The Labute approximate surface area is 249 Å². The number of benzene rings is 3. The Morgan fingerprint density at radius 3 is 2.38 bits per heavy atom. The number of amides is 2. The summed E-state index contributed by atoms with van der Waals surface area (Å²) in [6, 6.07) is 21.5. The lowest BCUT2D eigenvalue weighted by atomic mass is 10.2. The molecule has 2 amide bonds. The van der Waals surface area contributed by atoms with Gasteiger partial charge in [0.05, 0.1) is 17.2 Å². The number of hydrogen-bond acceptors (Lipinski definition) is 7. The smallest absolute Gasteiger partial charge is 0.270 e. The van der Waals surface area contributed by atoms with E-state index in [1.54, 1.807) is 41.3 Å². The van der Waals surface area contributed by atoms with Gasteiger partial charge in [0.25, 0.3) is 5.91 Å². The average Bonchev–Trinajstić information content (AvgIpc) is 3.56. The van der Waals surface area contributed by atoms with Crippen LogP contribution in [0.25, 0.3) is 6.08 Å². The lowest BCUT2D eigenvalue weighted by Gasteiger charge is -2.16. The molecule has 3 aromatic rings. The molecule has 0 atom stereocenters. The molecule has 2 saturated heterocycles. The molecular weight excluding hydrogens is 566 g/mol. The Balaban J connectivity index is 0.00000370. The lowest BCUT2D eigenvalue weighted by Crippen LogP contribution is -2.27. The Morgan fingerprint density at radius 1 is 0.975 bits per heavy atom. The number of thioether (sulfide) groups is 1. The van der Waals surface area contributed by atoms with E-state index in [9.17, 15) is 9.59 Å². The summed E-state index contributed by atoms with van der Waals surface area (Å²) in [6.45, 7) is 4.13. The zero-order chi connectivity index (χ0) is 27.2. The summed E-state index contributed by atoms with van der Waals surface area (Å²) in [4.78, 5) is 29.1. The molecule has 2 fully saturated rings. The van der Waals surface area contributed by atoms with Gasteiger partial charge in [-0.25, -0.2) is 0 Å². The van der Waals surface area contributed by atoms with Gasteiger partial charge in [0.15, 0.2) is 4.32 Å². The largest absolute Gasteiger partial charge is 0.494 e. The first-order valence-electron chi connectivity index (χ1n) is 12.9. The number of thiocarbonyl (C=S) groups is 1. The fraction of sp³-hybridized carbons (Fsp3) is 0.233. The third-order valence-electron chi connectivity index (χ3n) is 6.51. The highest BCUT2D eigenvalue weighted by molar-refractivity contribution is 8.27. The number of primary amides is 1. The summed E-state index contributed by atoms with van der Waals surface area (Å²) in [7, 11) is 0. The second-order valence-electron chi connectivity index (χ2n) is 9.32. The van der Waals surface area contributed by atoms with Crippen LogP contribution in [0.1, 0.15) is 35.2 Å². The van der Waals surface area contributed by atoms with Gasteiger partial charge in [0.1, 0.15) is 17.2 Å². The number of rotatable bonds is 10. The Hall–Kier alpha value is -3.37. The molecule has 2 N–H and O–H groups in total. The maximum Gasteiger partial charge on any atom is 0.270 e. The van der Waals surface area contributed by atoms with Crippen molar-refractivity contribution in [2.75, 3.05) is 31.1 Å². The van der Waals surface area contributed by atoms with Crippen molar-refractivity contribution >= 4 is 64.3 Å². The fourth-order valence-electron chi connectivity index (χ4n) is 4.50. The molecule has 0 aromatic heterocycles. The van der Waals surface area contributed by atoms with Gasteiger partial charge in [-0.1, -0.05) is 42.2 Å². The van der Waals surface area contributed by atoms with Crippen molar-refractivity contribution in [2.24, 2.45) is 5.73 Å². The van der Waals surface area contributed by atoms with Crippen molar-refractivity contribution in [3.8, 4) is 17.2 Å². The molecule has 3 aromatic carbocycles. The van der Waals surface area contributed by atoms with Crippen LogP contribution in [0.5, 0.6) is 17.2 Å². The SMILES string of the molecule is Cl.NC(=O)c1cccc(Oc2ccc(C=C3SC(=S)N(c4ccc(OCCCN5CCCC5)cc4)C3=O)cc2)c1. The number of hydrogen-bond donors (Lipinski definition) is 1. The molecule has 0 aliphatic carbocycles. The van der Waals surface area contributed by atoms with E-state index >= 15 is 0 Å². The van der Waals surface area contributed by atoms with E-state index in [4.69, 9.17) is 27.4 Å². The summed E-state index contributed by atoms with van der Waals surface area (Å²) >= 11 is 6.80. The zero-order valence-electron chi connectivity index (χ0n) is 21.8. The van der Waals surface area contributed by atoms with Crippen LogP contribution in [0, 0.1) is 0 Å². The monoisotopic (exact) mass is 595 g/mol. The van der Waals surface area contributed by atoms with Gasteiger partial charge < -0.3 is 20.1 Å². The molecule has 0 spiro atoms. The summed E-state index contributed by atoms with van der Waals surface area (Å²) in [5.74, 6) is 1.22. The third-order valence-corrected chi connectivity index (χ3v) is 7.81. The molecule has 0 unspecified atom stereocenters. The summed E-state index contributed by atoms with van der Waals surface area (Å²) in [6.07, 6.45) is 5.41. The van der Waals surface area contributed by atoms with Crippen LogP contribution in [0.4, 0.5) is 5.69 Å². The van der Waals surface area contributed by atoms with Gasteiger partial charge in [0, 0.05) is 12.1 Å². The van der Waals surface area contributed by atoms with Crippen molar-refractivity contribution in [1.82, 2.24) is 4.90 Å². The van der Waals surface area contributed by atoms with E-state index in [1.165, 1.54) is 37.7 Å². The summed E-state index contributed by atoms with van der Waals surface area (Å²) in [5.41, 5.74) is 7.27. The molecular formula is C30H30ClN3O4S2. The van der Waals surface area contributed by atoms with E-state index in [0.29, 0.717) is 38.6 Å². The molecule has 2 aliphatic heterocycles. The maximum atomic E-state index is 13.2. The standard InChI is InChI=1S/C30H29N3O4S2.ClH/c31-28(34)22-5-3-6-26(20-22)37-25-11-7-21(8-12-25)19-27-29(35)33(30(38)39-27)23-9-13-24(14-10-23)36-18-4-17-32-15-1-2-16-32;/h3,5-14,19-20H,1-2,4,15-18H2,(H2,31,34);1H. The molecule has 0 radical (unpaired) electrons. The third kappa shape index (κ3) is 7.42. The average molecular weight is 596 g/mol. The molecule has 208 valence electrons. The molecule has 0 saturated carbocycles. The van der Waals surface area contributed by atoms with E-state index in [-0.39, 0.29) is 18.3 Å². The first-order chi connectivity index (χ1) is 19.0. The van der Waals surface area contributed by atoms with Gasteiger partial charge in [0.2, 0.25) is 5.91 Å². The molecule has 0 bridgehead atoms. The van der Waals surface area contributed by atoms with Gasteiger partial charge in [-0.05, 0) is 98.6 Å². The number of halogens is 1. The Kier molecular flexibility index (Phi) is 10.2. The number of nitrogens with two attached hydrogens (primary N) is 1. The predicted octanol–water partition coefficient (Wildman–Crippen LogP) is 6.27. The number of anilines is 1. The normalized spacial score (nSPS) is 16.3. The van der Waals surface area contributed by atoms with Gasteiger partial charge in [-0.15, -0.1) is 12.4 Å². The van der Waals surface area contributed by atoms with Gasteiger partial charge in [-0.3, -0.25) is 14.5 Å². The van der Waals surface area contributed by atoms with E-state index in [2.05, 4.69) is 4.90 Å². The van der Waals surface area contributed by atoms with Crippen LogP contribution in [-0.2, 0) is 4.79 Å². The van der Waals surface area contributed by atoms with E-state index in [1.807, 2.05) is 42.5 Å². The molecule has 2 heterocycles. The number of ether oxygens (including phenoxy) is 2. The van der Waals surface area contributed by atoms with Crippen LogP contribution >= 0.6 is 36.4 Å². The van der Waals surface area contributed by atoms with Crippen molar-refractivity contribution in [2.45, 2.75) is 19.3 Å². The lowest BCUT2D eigenvalue weighted by molar-refractivity contribution is -0.113. The molecule has 2 aliphatic rings. The van der Waals surface area contributed by atoms with Gasteiger partial charge >= 0.3 is 0 Å². The minimum absolute atomic E-state index is 0. The second-order valence-corrected chi connectivity index (χ2v) is 11.0. The van der Waals surface area contributed by atoms with Crippen molar-refractivity contribution in [3.05, 3.63) is 88.8 Å². The van der Waals surface area contributed by atoms with Crippen molar-refractivity contribution < 1.29 is 19.1 Å². The number of likely N-dealkylation sites (tertiary alicyclic amines) is 1. The fourth-order valence-corrected chi connectivity index (χ4v) is 5.80. The quantitative estimate of drug-likeness (QED) is 0.168. The van der Waals surface area contributed by atoms with E-state index in [0.717, 1.165) is 24.3 Å². The topological polar surface area (TPSA) is 85.1 Å². The van der Waals surface area contributed by atoms with Crippen LogP contribution in [0.15, 0.2) is 77.7 Å². The summed E-state index contributed by atoms with van der Waals surface area (Å²) in [5, 5.41) is 0. The Bertz CT molecular complexity index is 1390. The van der Waals surface area contributed by atoms with Gasteiger partial charge in [-0.2, -0.15) is 0 Å². The number of nitrogens with zero attached hydrogens (tertiary/aromatic N) is 2. The maximum absolute atomic E-state index is 13.2. The molecule has 10 heteroatoms. The van der Waals surface area contributed by atoms with Crippen molar-refractivity contribution in [3.63, 3.8) is 0 Å². The van der Waals surface area contributed by atoms with Crippen LogP contribution in [-0.4, -0.2) is 47.3 Å². The molecule has 40 heavy (non-hydrogen) atoms. The second kappa shape index (κ2) is 13.8. The van der Waals surface area contributed by atoms with Crippen LogP contribution < -0.4 is 20.1 Å². The number of carbonyl (C=O) groups excluding carboxylic acids is 2. The van der Waals surface area contributed by atoms with Crippen molar-refractivity contribution in [1.29, 1.82) is 0 Å². The first-order valence-corrected chi connectivity index (χ1v) is 14.1. The first kappa shape index (κ1) is 29.6. The highest BCUT2D eigenvalue weighted by atomic mass is 35.5. The highest BCUT2D eigenvalue weighted by Crippen LogP contribution is 2.37. The molecule has 7 nitrogen and oxygen atoms in total. The highest BCUT2D eigenvalue weighted by Gasteiger charge is 2.33. The van der Waals surface area contributed by atoms with Crippen LogP contribution in [0.3, 0.4) is 0 Å². The van der Waals surface area contributed by atoms with Crippen LogP contribution in [0.2, 0.25) is 0 Å². The number of carbonyl (C=O) groups is 2. The minimum atomic E-state index is -0.513. The summed E-state index contributed by atoms with van der Waals surface area (Å²) < 4.78 is 12.2. The Morgan fingerprint density at radius 2 is 1.68 bits per heavy atom. The van der Waals surface area contributed by atoms with E-state index < -0.39 is 5.91 Å². The molecule has 5 rings (SSSR count). The zero-order valence-corrected chi connectivity index (χ0v) is 24.2. The predicted molar refractivity (Wildman–Crippen MR) is 167 cm³/mol.